The van der Waals surface area contributed by atoms with Crippen molar-refractivity contribution in [3.8, 4) is 0 Å². The van der Waals surface area contributed by atoms with Crippen molar-refractivity contribution in [3.63, 3.8) is 0 Å². The molecule has 0 aromatic heterocycles. The Bertz CT molecular complexity index is 284. The molecule has 0 aliphatic rings. The highest BCUT2D eigenvalue weighted by Gasteiger charge is 2.39. The minimum Gasteiger partial charge on any atom is -0.464 e. The smallest absolute Gasteiger partial charge is 0.340 e. The van der Waals surface area contributed by atoms with Gasteiger partial charge in [-0.2, -0.15) is 0 Å². The van der Waals surface area contributed by atoms with Crippen LogP contribution in [-0.2, 0) is 23.9 Å². The summed E-state index contributed by atoms with van der Waals surface area (Å²) < 4.78 is 9.86. The van der Waals surface area contributed by atoms with Gasteiger partial charge in [0.15, 0.2) is 5.60 Å². The molecule has 6 nitrogen and oxygen atoms in total. The van der Waals surface area contributed by atoms with Crippen LogP contribution in [0.1, 0.15) is 41.0 Å². The van der Waals surface area contributed by atoms with Crippen LogP contribution < -0.4 is 5.90 Å². The lowest BCUT2D eigenvalue weighted by atomic mass is 10.0. The average molecular weight is 247 g/mol. The van der Waals surface area contributed by atoms with Gasteiger partial charge in [-0.3, -0.25) is 9.63 Å². The van der Waals surface area contributed by atoms with Gasteiger partial charge < -0.3 is 9.47 Å². The summed E-state index contributed by atoms with van der Waals surface area (Å²) in [5, 5.41) is 0. The zero-order chi connectivity index (χ0) is 13.7. The van der Waals surface area contributed by atoms with E-state index in [1.165, 1.54) is 6.92 Å². The minimum atomic E-state index is -1.52. The highest BCUT2D eigenvalue weighted by Crippen LogP contribution is 2.19. The maximum Gasteiger partial charge on any atom is 0.340 e. The first-order valence-electron chi connectivity index (χ1n) is 5.41. The van der Waals surface area contributed by atoms with Gasteiger partial charge in [0.1, 0.15) is 5.60 Å². The van der Waals surface area contributed by atoms with Gasteiger partial charge in [0.25, 0.3) is 0 Å². The van der Waals surface area contributed by atoms with E-state index in [9.17, 15) is 9.59 Å². The number of ether oxygens (including phenoxy) is 2. The van der Waals surface area contributed by atoms with E-state index in [-0.39, 0.29) is 13.0 Å². The summed E-state index contributed by atoms with van der Waals surface area (Å²) in [6.45, 7) is 8.42. The monoisotopic (exact) mass is 247 g/mol. The largest absolute Gasteiger partial charge is 0.464 e. The molecule has 0 aromatic rings. The molecule has 0 bridgehead atoms. The van der Waals surface area contributed by atoms with E-state index in [1.54, 1.807) is 27.7 Å². The van der Waals surface area contributed by atoms with Crippen molar-refractivity contribution in [2.24, 2.45) is 5.90 Å². The Morgan fingerprint density at radius 1 is 1.18 bits per heavy atom. The molecule has 1 atom stereocenters. The third-order valence-electron chi connectivity index (χ3n) is 1.87. The van der Waals surface area contributed by atoms with Gasteiger partial charge in [-0.05, 0) is 34.6 Å². The van der Waals surface area contributed by atoms with Crippen LogP contribution in [0.25, 0.3) is 0 Å². The number of nitrogens with two attached hydrogens (primary N) is 1. The van der Waals surface area contributed by atoms with Crippen molar-refractivity contribution in [2.75, 3.05) is 6.61 Å². The van der Waals surface area contributed by atoms with E-state index < -0.39 is 23.1 Å². The Morgan fingerprint density at radius 2 is 1.71 bits per heavy atom. The van der Waals surface area contributed by atoms with Crippen LogP contribution in [-0.4, -0.2) is 29.7 Å². The predicted molar refractivity (Wildman–Crippen MR) is 60.8 cm³/mol. The predicted octanol–water partition coefficient (Wildman–Crippen LogP) is 0.930. The van der Waals surface area contributed by atoms with Crippen LogP contribution in [0.15, 0.2) is 0 Å². The summed E-state index contributed by atoms with van der Waals surface area (Å²) in [5.41, 5.74) is -2.14. The molecular formula is C11H21NO5. The second-order valence-electron chi connectivity index (χ2n) is 4.83. The third-order valence-corrected chi connectivity index (χ3v) is 1.87. The molecule has 0 saturated carbocycles. The average Bonchev–Trinajstić information content (AvgIpc) is 2.14. The number of carbonyl (C=O) groups excluding carboxylic acids is 2. The molecule has 0 spiro atoms. The van der Waals surface area contributed by atoms with Crippen LogP contribution in [0.2, 0.25) is 0 Å². The van der Waals surface area contributed by atoms with Crippen molar-refractivity contribution in [3.05, 3.63) is 0 Å². The first-order valence-corrected chi connectivity index (χ1v) is 5.41. The van der Waals surface area contributed by atoms with Gasteiger partial charge in [0.2, 0.25) is 0 Å². The van der Waals surface area contributed by atoms with Gasteiger partial charge >= 0.3 is 11.9 Å². The molecule has 6 heteroatoms. The lowest BCUT2D eigenvalue weighted by Crippen LogP contribution is -2.45. The van der Waals surface area contributed by atoms with E-state index in [2.05, 4.69) is 4.84 Å². The third kappa shape index (κ3) is 5.65. The van der Waals surface area contributed by atoms with E-state index in [4.69, 9.17) is 15.4 Å². The molecule has 0 aliphatic carbocycles. The molecule has 0 saturated heterocycles. The zero-order valence-electron chi connectivity index (χ0n) is 11.0. The van der Waals surface area contributed by atoms with Gasteiger partial charge in [0, 0.05) is 0 Å². The van der Waals surface area contributed by atoms with Crippen molar-refractivity contribution < 1.29 is 23.9 Å². The highest BCUT2D eigenvalue weighted by molar-refractivity contribution is 5.85. The van der Waals surface area contributed by atoms with Gasteiger partial charge in [-0.25, -0.2) is 10.7 Å². The molecule has 0 amide bonds. The molecule has 2 N–H and O–H groups in total. The summed E-state index contributed by atoms with van der Waals surface area (Å²) in [7, 11) is 0. The lowest BCUT2D eigenvalue weighted by Gasteiger charge is -2.26. The van der Waals surface area contributed by atoms with Crippen molar-refractivity contribution in [1.82, 2.24) is 0 Å². The minimum absolute atomic E-state index is 0.187. The second-order valence-corrected chi connectivity index (χ2v) is 4.83. The Balaban J connectivity index is 4.58. The molecule has 100 valence electrons. The molecule has 0 fully saturated rings. The molecule has 0 aromatic carbocycles. The van der Waals surface area contributed by atoms with E-state index in [0.29, 0.717) is 0 Å². The van der Waals surface area contributed by atoms with Gasteiger partial charge in [-0.1, -0.05) is 0 Å². The fourth-order valence-corrected chi connectivity index (χ4v) is 1.10. The standard InChI is InChI=1S/C11H21NO5/c1-6-15-9(14)11(5,17-12)7-8(13)16-10(2,3)4/h6-7,12H2,1-5H3. The summed E-state index contributed by atoms with van der Waals surface area (Å²) >= 11 is 0. The topological polar surface area (TPSA) is 87.9 Å². The Kier molecular flexibility index (Phi) is 5.57. The van der Waals surface area contributed by atoms with E-state index in [0.717, 1.165) is 0 Å². The summed E-state index contributed by atoms with van der Waals surface area (Å²) in [6.07, 6.45) is -0.292. The molecule has 0 rings (SSSR count). The van der Waals surface area contributed by atoms with Crippen molar-refractivity contribution in [1.29, 1.82) is 0 Å². The van der Waals surface area contributed by atoms with E-state index in [1.807, 2.05) is 0 Å². The maximum atomic E-state index is 11.6. The normalized spacial score (nSPS) is 14.9. The van der Waals surface area contributed by atoms with E-state index >= 15 is 0 Å². The van der Waals surface area contributed by atoms with Gasteiger partial charge in [-0.15, -0.1) is 0 Å². The Labute approximate surface area is 101 Å². The van der Waals surface area contributed by atoms with Crippen LogP contribution >= 0.6 is 0 Å². The number of hydrogen-bond donors (Lipinski definition) is 1. The van der Waals surface area contributed by atoms with Gasteiger partial charge in [0.05, 0.1) is 13.0 Å². The van der Waals surface area contributed by atoms with Crippen LogP contribution in [0.4, 0.5) is 0 Å². The summed E-state index contributed by atoms with van der Waals surface area (Å²) in [6, 6.07) is 0. The maximum absolute atomic E-state index is 11.6. The quantitative estimate of drug-likeness (QED) is 0.574. The summed E-state index contributed by atoms with van der Waals surface area (Å²) in [5.74, 6) is 3.78. The zero-order valence-corrected chi connectivity index (χ0v) is 11.0. The van der Waals surface area contributed by atoms with Crippen LogP contribution in [0.5, 0.6) is 0 Å². The Hall–Kier alpha value is -1.14. The molecule has 0 aliphatic heterocycles. The fourth-order valence-electron chi connectivity index (χ4n) is 1.10. The molecular weight excluding hydrogens is 226 g/mol. The SMILES string of the molecule is CCOC(=O)C(C)(CC(=O)OC(C)(C)C)ON. The summed E-state index contributed by atoms with van der Waals surface area (Å²) in [4.78, 5) is 27.7. The first kappa shape index (κ1) is 15.9. The number of hydrogen-bond acceptors (Lipinski definition) is 6. The number of carbonyl (C=O) groups is 2. The molecule has 1 unspecified atom stereocenters. The van der Waals surface area contributed by atoms with Crippen molar-refractivity contribution in [2.45, 2.75) is 52.2 Å². The van der Waals surface area contributed by atoms with Crippen LogP contribution in [0.3, 0.4) is 0 Å². The number of rotatable bonds is 5. The fraction of sp³-hybridized carbons (Fsp3) is 0.818. The molecule has 0 heterocycles. The molecule has 17 heavy (non-hydrogen) atoms. The second kappa shape index (κ2) is 5.97. The molecule has 0 radical (unpaired) electrons. The Morgan fingerprint density at radius 3 is 2.06 bits per heavy atom. The number of esters is 2. The van der Waals surface area contributed by atoms with Crippen molar-refractivity contribution >= 4 is 11.9 Å². The van der Waals surface area contributed by atoms with Crippen LogP contribution in [0, 0.1) is 0 Å². The lowest BCUT2D eigenvalue weighted by molar-refractivity contribution is -0.181. The first-order chi connectivity index (χ1) is 7.64. The highest BCUT2D eigenvalue weighted by atomic mass is 16.7.